The number of nitrogens with one attached hydrogen (secondary N) is 1. The van der Waals surface area contributed by atoms with Gasteiger partial charge in [0.25, 0.3) is 11.5 Å². The fourth-order valence-electron chi connectivity index (χ4n) is 2.64. The number of carbonyl (C=O) groups excluding carboxylic acids is 1. The average Bonchev–Trinajstić information content (AvgIpc) is 2.61. The number of benzene rings is 2. The van der Waals surface area contributed by atoms with E-state index in [2.05, 4.69) is 4.98 Å². The van der Waals surface area contributed by atoms with Gasteiger partial charge in [0.2, 0.25) is 0 Å². The number of carbonyl (C=O) groups is 1. The number of amides is 1. The van der Waals surface area contributed by atoms with Gasteiger partial charge in [-0.25, -0.2) is 0 Å². The van der Waals surface area contributed by atoms with Crippen LogP contribution in [0, 0.1) is 0 Å². The molecule has 1 heterocycles. The molecule has 3 rings (SSSR count). The Bertz CT molecular complexity index is 997. The van der Waals surface area contributed by atoms with Gasteiger partial charge < -0.3 is 14.6 Å². The largest absolute Gasteiger partial charge is 0.497 e. The van der Waals surface area contributed by atoms with Gasteiger partial charge in [0.15, 0.2) is 0 Å². The van der Waals surface area contributed by atoms with Gasteiger partial charge in [0, 0.05) is 18.7 Å². The van der Waals surface area contributed by atoms with E-state index in [9.17, 15) is 9.59 Å². The van der Waals surface area contributed by atoms with Crippen LogP contribution in [0.5, 0.6) is 5.75 Å². The number of halogens is 1. The minimum Gasteiger partial charge on any atom is -0.497 e. The van der Waals surface area contributed by atoms with E-state index >= 15 is 0 Å². The van der Waals surface area contributed by atoms with Crippen LogP contribution in [-0.2, 0) is 6.54 Å². The van der Waals surface area contributed by atoms with Crippen molar-refractivity contribution in [3.63, 3.8) is 0 Å². The van der Waals surface area contributed by atoms with E-state index < -0.39 is 0 Å². The van der Waals surface area contributed by atoms with Crippen LogP contribution in [0.3, 0.4) is 0 Å². The maximum atomic E-state index is 12.5. The van der Waals surface area contributed by atoms with Crippen LogP contribution in [0.15, 0.2) is 53.3 Å². The first-order valence-electron chi connectivity index (χ1n) is 7.69. The topological polar surface area (TPSA) is 62.4 Å². The maximum Gasteiger partial charge on any atom is 0.255 e. The van der Waals surface area contributed by atoms with Crippen LogP contribution < -0.4 is 10.3 Å². The molecular weight excluding hydrogens is 340 g/mol. The van der Waals surface area contributed by atoms with E-state index in [0.29, 0.717) is 27.4 Å². The van der Waals surface area contributed by atoms with Crippen molar-refractivity contribution in [1.29, 1.82) is 0 Å². The van der Waals surface area contributed by atoms with Crippen LogP contribution in [-0.4, -0.2) is 29.9 Å². The molecule has 0 aliphatic rings. The number of aromatic nitrogens is 1. The molecule has 1 amide bonds. The van der Waals surface area contributed by atoms with Crippen LogP contribution in [0.25, 0.3) is 10.9 Å². The summed E-state index contributed by atoms with van der Waals surface area (Å²) in [5.74, 6) is 0.432. The third-order valence-corrected chi connectivity index (χ3v) is 4.32. The minimum absolute atomic E-state index is 0.182. The van der Waals surface area contributed by atoms with Crippen molar-refractivity contribution in [1.82, 2.24) is 9.88 Å². The molecule has 0 fully saturated rings. The van der Waals surface area contributed by atoms with Crippen molar-refractivity contribution < 1.29 is 9.53 Å². The molecule has 0 saturated carbocycles. The van der Waals surface area contributed by atoms with E-state index in [1.54, 1.807) is 50.6 Å². The SMILES string of the molecule is COc1ccc2cc(CN(C)C(=O)c3ccccc3Cl)c(=O)[nH]c2c1. The molecule has 3 aromatic rings. The molecule has 0 radical (unpaired) electrons. The van der Waals surface area contributed by atoms with E-state index in [1.807, 2.05) is 12.1 Å². The van der Waals surface area contributed by atoms with Crippen molar-refractivity contribution in [2.75, 3.05) is 14.2 Å². The van der Waals surface area contributed by atoms with Crippen LogP contribution in [0.1, 0.15) is 15.9 Å². The quantitative estimate of drug-likeness (QED) is 0.778. The molecule has 128 valence electrons. The molecule has 2 aromatic carbocycles. The zero-order chi connectivity index (χ0) is 18.0. The average molecular weight is 357 g/mol. The first-order chi connectivity index (χ1) is 12.0. The molecule has 0 spiro atoms. The smallest absolute Gasteiger partial charge is 0.255 e. The second kappa shape index (κ2) is 6.99. The molecule has 0 atom stereocenters. The highest BCUT2D eigenvalue weighted by molar-refractivity contribution is 6.33. The van der Waals surface area contributed by atoms with E-state index in [-0.39, 0.29) is 18.0 Å². The van der Waals surface area contributed by atoms with Crippen molar-refractivity contribution in [2.45, 2.75) is 6.54 Å². The summed E-state index contributed by atoms with van der Waals surface area (Å²) in [6, 6.07) is 14.1. The normalized spacial score (nSPS) is 10.7. The summed E-state index contributed by atoms with van der Waals surface area (Å²) in [6.07, 6.45) is 0. The highest BCUT2D eigenvalue weighted by Gasteiger charge is 2.16. The van der Waals surface area contributed by atoms with E-state index in [4.69, 9.17) is 16.3 Å². The Morgan fingerprint density at radius 3 is 2.68 bits per heavy atom. The number of aromatic amines is 1. The lowest BCUT2D eigenvalue weighted by atomic mass is 10.1. The van der Waals surface area contributed by atoms with Crippen molar-refractivity contribution in [2.24, 2.45) is 0 Å². The molecular formula is C19H17ClN2O3. The molecule has 1 aromatic heterocycles. The third-order valence-electron chi connectivity index (χ3n) is 3.99. The Labute approximate surface area is 149 Å². The zero-order valence-corrected chi connectivity index (χ0v) is 14.6. The van der Waals surface area contributed by atoms with Gasteiger partial charge in [-0.3, -0.25) is 9.59 Å². The summed E-state index contributed by atoms with van der Waals surface area (Å²) in [5.41, 5.74) is 1.36. The van der Waals surface area contributed by atoms with Gasteiger partial charge in [0.1, 0.15) is 5.75 Å². The second-order valence-electron chi connectivity index (χ2n) is 5.72. The highest BCUT2D eigenvalue weighted by Crippen LogP contribution is 2.20. The lowest BCUT2D eigenvalue weighted by molar-refractivity contribution is 0.0785. The Morgan fingerprint density at radius 1 is 1.20 bits per heavy atom. The summed E-state index contributed by atoms with van der Waals surface area (Å²) in [6.45, 7) is 0.182. The highest BCUT2D eigenvalue weighted by atomic mass is 35.5. The zero-order valence-electron chi connectivity index (χ0n) is 13.9. The maximum absolute atomic E-state index is 12.5. The summed E-state index contributed by atoms with van der Waals surface area (Å²) in [7, 11) is 3.21. The first-order valence-corrected chi connectivity index (χ1v) is 8.07. The molecule has 5 nitrogen and oxygen atoms in total. The fourth-order valence-corrected chi connectivity index (χ4v) is 2.85. The number of H-pyrrole nitrogens is 1. The van der Waals surface area contributed by atoms with E-state index in [1.165, 1.54) is 4.90 Å². The summed E-state index contributed by atoms with van der Waals surface area (Å²) < 4.78 is 5.16. The Morgan fingerprint density at radius 2 is 1.96 bits per heavy atom. The number of hydrogen-bond acceptors (Lipinski definition) is 3. The standard InChI is InChI=1S/C19H17ClN2O3/c1-22(19(24)15-5-3-4-6-16(15)20)11-13-9-12-7-8-14(25-2)10-17(12)21-18(13)23/h3-10H,11H2,1-2H3,(H,21,23). The van der Waals surface area contributed by atoms with Gasteiger partial charge in [-0.05, 0) is 35.7 Å². The van der Waals surface area contributed by atoms with Gasteiger partial charge in [0.05, 0.1) is 29.8 Å². The molecule has 25 heavy (non-hydrogen) atoms. The molecule has 6 heteroatoms. The predicted molar refractivity (Wildman–Crippen MR) is 98.4 cm³/mol. The van der Waals surface area contributed by atoms with Gasteiger partial charge in [-0.1, -0.05) is 23.7 Å². The molecule has 0 saturated heterocycles. The number of hydrogen-bond donors (Lipinski definition) is 1. The molecule has 0 bridgehead atoms. The Kier molecular flexibility index (Phi) is 4.76. The number of methoxy groups -OCH3 is 1. The minimum atomic E-state index is -0.237. The predicted octanol–water partition coefficient (Wildman–Crippen LogP) is 3.46. The monoisotopic (exact) mass is 356 g/mol. The molecule has 0 unspecified atom stereocenters. The summed E-state index contributed by atoms with van der Waals surface area (Å²) in [5, 5.41) is 1.26. The third kappa shape index (κ3) is 3.51. The Hall–Kier alpha value is -2.79. The molecule has 0 aliphatic carbocycles. The van der Waals surface area contributed by atoms with Gasteiger partial charge >= 0.3 is 0 Å². The van der Waals surface area contributed by atoms with Gasteiger partial charge in [-0.15, -0.1) is 0 Å². The number of nitrogens with zero attached hydrogens (tertiary/aromatic N) is 1. The lowest BCUT2D eigenvalue weighted by Gasteiger charge is -2.18. The van der Waals surface area contributed by atoms with Gasteiger partial charge in [-0.2, -0.15) is 0 Å². The number of ether oxygens (including phenoxy) is 1. The molecule has 1 N–H and O–H groups in total. The van der Waals surface area contributed by atoms with Crippen molar-refractivity contribution in [3.05, 3.63) is 75.0 Å². The second-order valence-corrected chi connectivity index (χ2v) is 6.13. The fraction of sp³-hybridized carbons (Fsp3) is 0.158. The summed E-state index contributed by atoms with van der Waals surface area (Å²) in [4.78, 5) is 29.2. The first kappa shape index (κ1) is 17.0. The number of pyridine rings is 1. The molecule has 0 aliphatic heterocycles. The Balaban J connectivity index is 1.89. The van der Waals surface area contributed by atoms with Crippen LogP contribution in [0.2, 0.25) is 5.02 Å². The van der Waals surface area contributed by atoms with E-state index in [0.717, 1.165) is 5.39 Å². The number of fused-ring (bicyclic) bond motifs is 1. The van der Waals surface area contributed by atoms with Crippen LogP contribution >= 0.6 is 11.6 Å². The van der Waals surface area contributed by atoms with Crippen molar-refractivity contribution in [3.8, 4) is 5.75 Å². The van der Waals surface area contributed by atoms with Crippen LogP contribution in [0.4, 0.5) is 0 Å². The number of rotatable bonds is 4. The summed E-state index contributed by atoms with van der Waals surface area (Å²) >= 11 is 6.08. The van der Waals surface area contributed by atoms with Crippen molar-refractivity contribution >= 4 is 28.4 Å². The lowest BCUT2D eigenvalue weighted by Crippen LogP contribution is -2.29.